The van der Waals surface area contributed by atoms with Crippen molar-refractivity contribution in [1.82, 2.24) is 10.5 Å². The summed E-state index contributed by atoms with van der Waals surface area (Å²) in [7, 11) is 0. The Morgan fingerprint density at radius 3 is 3.10 bits per heavy atom. The maximum absolute atomic E-state index is 12.0. The fourth-order valence-corrected chi connectivity index (χ4v) is 2.53. The number of hydrogen-bond donors (Lipinski definition) is 1. The molecule has 6 heteroatoms. The lowest BCUT2D eigenvalue weighted by atomic mass is 10.2. The van der Waals surface area contributed by atoms with Crippen LogP contribution in [0, 0.1) is 6.92 Å². The molecule has 0 aliphatic heterocycles. The van der Waals surface area contributed by atoms with Crippen LogP contribution in [0.3, 0.4) is 0 Å². The quantitative estimate of drug-likeness (QED) is 0.749. The number of thiazole rings is 1. The van der Waals surface area contributed by atoms with E-state index < -0.39 is 0 Å². The number of nitrogens with zero attached hydrogens (tertiary/aromatic N) is 1. The van der Waals surface area contributed by atoms with E-state index in [1.807, 2.05) is 31.2 Å². The first-order valence-electron chi connectivity index (χ1n) is 6.03. The van der Waals surface area contributed by atoms with Crippen LogP contribution in [0.25, 0.3) is 11.0 Å². The molecule has 0 aliphatic carbocycles. The van der Waals surface area contributed by atoms with Crippen molar-refractivity contribution in [3.05, 3.63) is 52.2 Å². The monoisotopic (exact) mass is 288 g/mol. The maximum Gasteiger partial charge on any atom is 0.278 e. The van der Waals surface area contributed by atoms with Crippen molar-refractivity contribution in [3.8, 4) is 0 Å². The van der Waals surface area contributed by atoms with E-state index in [1.165, 1.54) is 17.6 Å². The van der Waals surface area contributed by atoms with Gasteiger partial charge in [0.05, 0.1) is 21.6 Å². The van der Waals surface area contributed by atoms with Gasteiger partial charge in [-0.05, 0) is 13.0 Å². The first-order chi connectivity index (χ1) is 9.75. The highest BCUT2D eigenvalue weighted by Crippen LogP contribution is 2.20. The lowest BCUT2D eigenvalue weighted by Gasteiger charge is -2.03. The number of fused-ring (bicyclic) bond motifs is 1. The molecule has 0 radical (unpaired) electrons. The topological polar surface area (TPSA) is 64.4 Å². The normalized spacial score (nSPS) is 10.8. The first-order valence-corrected chi connectivity index (χ1v) is 6.91. The summed E-state index contributed by atoms with van der Waals surface area (Å²) < 4.78 is 5.32. The number of para-hydroxylation sites is 1. The van der Waals surface area contributed by atoms with Gasteiger partial charge in [0, 0.05) is 5.39 Å². The molecule has 0 bridgehead atoms. The van der Waals surface area contributed by atoms with Crippen molar-refractivity contribution in [3.63, 3.8) is 0 Å². The second kappa shape index (κ2) is 5.44. The zero-order valence-electron chi connectivity index (χ0n) is 10.8. The molecule has 1 amide bonds. The fraction of sp³-hybridized carbons (Fsp3) is 0.143. The Morgan fingerprint density at radius 1 is 1.45 bits per heavy atom. The molecule has 0 fully saturated rings. The molecular weight excluding hydrogens is 276 g/mol. The van der Waals surface area contributed by atoms with Gasteiger partial charge in [-0.2, -0.15) is 0 Å². The van der Waals surface area contributed by atoms with Crippen molar-refractivity contribution in [2.24, 2.45) is 0 Å². The van der Waals surface area contributed by atoms with Crippen LogP contribution in [0.15, 0.2) is 40.5 Å². The van der Waals surface area contributed by atoms with Gasteiger partial charge in [-0.15, -0.1) is 11.3 Å². The van der Waals surface area contributed by atoms with E-state index in [0.29, 0.717) is 17.8 Å². The maximum atomic E-state index is 12.0. The number of carbonyl (C=O) groups is 1. The summed E-state index contributed by atoms with van der Waals surface area (Å²) in [5.41, 5.74) is 6.22. The molecule has 1 aromatic carbocycles. The minimum absolute atomic E-state index is 0.304. The third-order valence-corrected chi connectivity index (χ3v) is 3.85. The van der Waals surface area contributed by atoms with Gasteiger partial charge in [-0.25, -0.2) is 10.5 Å². The van der Waals surface area contributed by atoms with Crippen LogP contribution < -0.4 is 5.48 Å². The molecule has 5 nitrogen and oxygen atoms in total. The SMILES string of the molecule is Cc1ncsc1CONC(=O)c1coc2ccccc12. The number of benzene rings is 1. The van der Waals surface area contributed by atoms with Crippen molar-refractivity contribution in [2.45, 2.75) is 13.5 Å². The van der Waals surface area contributed by atoms with Gasteiger partial charge >= 0.3 is 0 Å². The van der Waals surface area contributed by atoms with Gasteiger partial charge in [0.15, 0.2) is 0 Å². The Hall–Kier alpha value is -2.18. The zero-order valence-corrected chi connectivity index (χ0v) is 11.6. The van der Waals surface area contributed by atoms with E-state index in [-0.39, 0.29) is 5.91 Å². The zero-order chi connectivity index (χ0) is 13.9. The Labute approximate surface area is 119 Å². The molecule has 0 unspecified atom stereocenters. The summed E-state index contributed by atoms with van der Waals surface area (Å²) in [4.78, 5) is 22.4. The summed E-state index contributed by atoms with van der Waals surface area (Å²) in [6.07, 6.45) is 1.43. The Balaban J connectivity index is 1.66. The first kappa shape index (κ1) is 12.8. The number of furan rings is 1. The summed E-state index contributed by atoms with van der Waals surface area (Å²) in [6.45, 7) is 2.21. The highest BCUT2D eigenvalue weighted by Gasteiger charge is 2.13. The molecule has 0 saturated heterocycles. The highest BCUT2D eigenvalue weighted by atomic mass is 32.1. The van der Waals surface area contributed by atoms with Gasteiger partial charge in [0.1, 0.15) is 18.5 Å². The molecule has 0 saturated carbocycles. The average molecular weight is 288 g/mol. The number of hydrogen-bond acceptors (Lipinski definition) is 5. The smallest absolute Gasteiger partial charge is 0.278 e. The van der Waals surface area contributed by atoms with Gasteiger partial charge in [0.25, 0.3) is 5.91 Å². The molecule has 3 rings (SSSR count). The van der Waals surface area contributed by atoms with Crippen LogP contribution in [-0.2, 0) is 11.4 Å². The minimum atomic E-state index is -0.322. The standard InChI is InChI=1S/C14H12N2O3S/c1-9-13(20-8-15-9)7-19-16-14(17)11-6-18-12-5-3-2-4-10(11)12/h2-6,8H,7H2,1H3,(H,16,17). The van der Waals surface area contributed by atoms with E-state index in [9.17, 15) is 4.79 Å². The van der Waals surface area contributed by atoms with Crippen LogP contribution in [0.2, 0.25) is 0 Å². The lowest BCUT2D eigenvalue weighted by molar-refractivity contribution is 0.0241. The van der Waals surface area contributed by atoms with Crippen molar-refractivity contribution in [1.29, 1.82) is 0 Å². The van der Waals surface area contributed by atoms with Crippen molar-refractivity contribution in [2.75, 3.05) is 0 Å². The van der Waals surface area contributed by atoms with Crippen LogP contribution in [0.1, 0.15) is 20.9 Å². The Kier molecular flexibility index (Phi) is 3.49. The molecule has 0 spiro atoms. The number of hydroxylamine groups is 1. The predicted molar refractivity (Wildman–Crippen MR) is 75.3 cm³/mol. The summed E-state index contributed by atoms with van der Waals surface area (Å²) in [5.74, 6) is -0.322. The predicted octanol–water partition coefficient (Wildman–Crippen LogP) is 3.06. The van der Waals surface area contributed by atoms with E-state index in [4.69, 9.17) is 9.25 Å². The number of amides is 1. The highest BCUT2D eigenvalue weighted by molar-refractivity contribution is 7.09. The second-order valence-electron chi connectivity index (χ2n) is 4.23. The van der Waals surface area contributed by atoms with E-state index in [2.05, 4.69) is 10.5 Å². The Morgan fingerprint density at radius 2 is 2.30 bits per heavy atom. The van der Waals surface area contributed by atoms with Gasteiger partial charge in [-0.1, -0.05) is 18.2 Å². The lowest BCUT2D eigenvalue weighted by Crippen LogP contribution is -2.23. The fourth-order valence-electron chi connectivity index (χ4n) is 1.84. The summed E-state index contributed by atoms with van der Waals surface area (Å²) in [6, 6.07) is 7.36. The molecule has 3 aromatic rings. The summed E-state index contributed by atoms with van der Waals surface area (Å²) in [5, 5.41) is 0.766. The third kappa shape index (κ3) is 2.43. The number of aromatic nitrogens is 1. The molecular formula is C14H12N2O3S. The van der Waals surface area contributed by atoms with Crippen molar-refractivity contribution >= 4 is 28.2 Å². The second-order valence-corrected chi connectivity index (χ2v) is 5.17. The third-order valence-electron chi connectivity index (χ3n) is 2.94. The number of nitrogens with one attached hydrogen (secondary N) is 1. The molecule has 0 atom stereocenters. The minimum Gasteiger partial charge on any atom is -0.463 e. The van der Waals surface area contributed by atoms with Gasteiger partial charge in [0.2, 0.25) is 0 Å². The van der Waals surface area contributed by atoms with Crippen LogP contribution in [0.5, 0.6) is 0 Å². The largest absolute Gasteiger partial charge is 0.463 e. The molecule has 2 heterocycles. The average Bonchev–Trinajstić information content (AvgIpc) is 3.05. The summed E-state index contributed by atoms with van der Waals surface area (Å²) >= 11 is 1.50. The van der Waals surface area contributed by atoms with Gasteiger partial charge < -0.3 is 4.42 Å². The molecule has 0 aliphatic rings. The number of aryl methyl sites for hydroxylation is 1. The van der Waals surface area contributed by atoms with E-state index >= 15 is 0 Å². The Bertz CT molecular complexity index is 748. The van der Waals surface area contributed by atoms with Crippen LogP contribution in [0.4, 0.5) is 0 Å². The van der Waals surface area contributed by atoms with Gasteiger partial charge in [-0.3, -0.25) is 9.63 Å². The number of rotatable bonds is 4. The molecule has 2 aromatic heterocycles. The molecule has 102 valence electrons. The van der Waals surface area contributed by atoms with Crippen LogP contribution in [-0.4, -0.2) is 10.9 Å². The van der Waals surface area contributed by atoms with Crippen LogP contribution >= 0.6 is 11.3 Å². The van der Waals surface area contributed by atoms with Crippen molar-refractivity contribution < 1.29 is 14.0 Å². The molecule has 1 N–H and O–H groups in total. The van der Waals surface area contributed by atoms with E-state index in [1.54, 1.807) is 5.51 Å². The molecule has 20 heavy (non-hydrogen) atoms. The number of carbonyl (C=O) groups excluding carboxylic acids is 1. The van der Waals surface area contributed by atoms with E-state index in [0.717, 1.165) is 16.0 Å².